The van der Waals surface area contributed by atoms with Crippen LogP contribution in [-0.4, -0.2) is 28.5 Å². The number of aliphatic hydroxyl groups excluding tert-OH is 1. The van der Waals surface area contributed by atoms with Gasteiger partial charge in [-0.2, -0.15) is 0 Å². The molecule has 3 nitrogen and oxygen atoms in total. The van der Waals surface area contributed by atoms with E-state index in [4.69, 9.17) is 5.11 Å². The lowest BCUT2D eigenvalue weighted by atomic mass is 10.1. The minimum Gasteiger partial charge on any atom is -0.396 e. The number of amides is 1. The van der Waals surface area contributed by atoms with Crippen LogP contribution in [0, 0.1) is 5.92 Å². The first-order valence-electron chi connectivity index (χ1n) is 4.54. The molecule has 0 aromatic heterocycles. The van der Waals surface area contributed by atoms with Gasteiger partial charge in [0.1, 0.15) is 0 Å². The normalized spacial score (nSPS) is 15.5. The lowest BCUT2D eigenvalue weighted by molar-refractivity contribution is -0.121. The van der Waals surface area contributed by atoms with Crippen LogP contribution in [0.2, 0.25) is 0 Å². The van der Waals surface area contributed by atoms with Gasteiger partial charge in [0, 0.05) is 12.6 Å². The van der Waals surface area contributed by atoms with Crippen LogP contribution in [0.5, 0.6) is 0 Å². The molecule has 0 saturated heterocycles. The number of carbonyl (C=O) groups excluding carboxylic acids is 1. The predicted molar refractivity (Wildman–Crippen MR) is 56.9 cm³/mol. The molecule has 1 amide bonds. The highest BCUT2D eigenvalue weighted by Gasteiger charge is 2.19. The first kappa shape index (κ1) is 12.9. The van der Waals surface area contributed by atoms with Crippen molar-refractivity contribution in [3.63, 3.8) is 0 Å². The van der Waals surface area contributed by atoms with E-state index in [0.29, 0.717) is 6.42 Å². The van der Waals surface area contributed by atoms with Gasteiger partial charge >= 0.3 is 0 Å². The van der Waals surface area contributed by atoms with Crippen LogP contribution in [-0.2, 0) is 4.79 Å². The summed E-state index contributed by atoms with van der Waals surface area (Å²) < 4.78 is 0. The Morgan fingerprint density at radius 2 is 2.00 bits per heavy atom. The van der Waals surface area contributed by atoms with E-state index >= 15 is 0 Å². The first-order chi connectivity index (χ1) is 5.99. The summed E-state index contributed by atoms with van der Waals surface area (Å²) >= 11 is 3.31. The summed E-state index contributed by atoms with van der Waals surface area (Å²) in [6.07, 6.45) is 0.601. The fourth-order valence-electron chi connectivity index (χ4n) is 0.891. The van der Waals surface area contributed by atoms with Crippen molar-refractivity contribution in [2.45, 2.75) is 38.1 Å². The standard InChI is InChI=1S/C9H18BrNO2/c1-6(2)8(10)9(13)11-7(3)4-5-12/h6-8,12H,4-5H2,1-3H3,(H,11,13). The number of carbonyl (C=O) groups is 1. The Labute approximate surface area is 88.0 Å². The number of hydrogen-bond acceptors (Lipinski definition) is 2. The molecular weight excluding hydrogens is 234 g/mol. The third kappa shape index (κ3) is 5.26. The van der Waals surface area contributed by atoms with Crippen molar-refractivity contribution in [2.75, 3.05) is 6.61 Å². The Kier molecular flexibility index (Phi) is 6.33. The zero-order chi connectivity index (χ0) is 10.4. The zero-order valence-corrected chi connectivity index (χ0v) is 9.97. The van der Waals surface area contributed by atoms with Crippen molar-refractivity contribution in [1.29, 1.82) is 0 Å². The van der Waals surface area contributed by atoms with Gasteiger partial charge in [-0.15, -0.1) is 0 Å². The molecule has 13 heavy (non-hydrogen) atoms. The summed E-state index contributed by atoms with van der Waals surface area (Å²) in [4.78, 5) is 11.3. The third-order valence-corrected chi connectivity index (χ3v) is 3.26. The van der Waals surface area contributed by atoms with Crippen molar-refractivity contribution in [3.8, 4) is 0 Å². The van der Waals surface area contributed by atoms with E-state index in [1.54, 1.807) is 0 Å². The second-order valence-electron chi connectivity index (χ2n) is 3.57. The van der Waals surface area contributed by atoms with E-state index in [2.05, 4.69) is 21.2 Å². The molecule has 78 valence electrons. The van der Waals surface area contributed by atoms with Gasteiger partial charge < -0.3 is 10.4 Å². The molecule has 0 fully saturated rings. The second kappa shape index (κ2) is 6.38. The molecule has 0 saturated carbocycles. The summed E-state index contributed by atoms with van der Waals surface area (Å²) in [6, 6.07) is 0.0382. The van der Waals surface area contributed by atoms with Crippen molar-refractivity contribution < 1.29 is 9.90 Å². The summed E-state index contributed by atoms with van der Waals surface area (Å²) in [7, 11) is 0. The lowest BCUT2D eigenvalue weighted by Crippen LogP contribution is -2.39. The number of rotatable bonds is 5. The van der Waals surface area contributed by atoms with Gasteiger partial charge in [-0.1, -0.05) is 29.8 Å². The van der Waals surface area contributed by atoms with E-state index in [-0.39, 0.29) is 29.3 Å². The van der Waals surface area contributed by atoms with Crippen molar-refractivity contribution in [1.82, 2.24) is 5.32 Å². The van der Waals surface area contributed by atoms with Crippen LogP contribution in [0.15, 0.2) is 0 Å². The molecule has 0 radical (unpaired) electrons. The van der Waals surface area contributed by atoms with Crippen LogP contribution < -0.4 is 5.32 Å². The molecular formula is C9H18BrNO2. The predicted octanol–water partition coefficient (Wildman–Crippen LogP) is 1.29. The number of aliphatic hydroxyl groups is 1. The monoisotopic (exact) mass is 251 g/mol. The van der Waals surface area contributed by atoms with E-state index in [9.17, 15) is 4.79 Å². The van der Waals surface area contributed by atoms with E-state index in [1.807, 2.05) is 20.8 Å². The fourth-order valence-corrected chi connectivity index (χ4v) is 1.02. The summed E-state index contributed by atoms with van der Waals surface area (Å²) in [5.41, 5.74) is 0. The SMILES string of the molecule is CC(CCO)NC(=O)C(Br)C(C)C. The second-order valence-corrected chi connectivity index (χ2v) is 4.55. The first-order valence-corrected chi connectivity index (χ1v) is 5.46. The Morgan fingerprint density at radius 3 is 2.38 bits per heavy atom. The Balaban J connectivity index is 3.85. The highest BCUT2D eigenvalue weighted by molar-refractivity contribution is 9.10. The van der Waals surface area contributed by atoms with Gasteiger partial charge in [0.2, 0.25) is 5.91 Å². The molecule has 4 heteroatoms. The average Bonchev–Trinajstić information content (AvgIpc) is 2.03. The van der Waals surface area contributed by atoms with E-state index in [0.717, 1.165) is 0 Å². The Morgan fingerprint density at radius 1 is 1.46 bits per heavy atom. The van der Waals surface area contributed by atoms with E-state index in [1.165, 1.54) is 0 Å². The minimum atomic E-state index is -0.145. The summed E-state index contributed by atoms with van der Waals surface area (Å²) in [5, 5.41) is 11.5. The molecule has 0 spiro atoms. The van der Waals surface area contributed by atoms with Crippen LogP contribution >= 0.6 is 15.9 Å². The maximum atomic E-state index is 11.4. The Bertz CT molecular complexity index is 162. The maximum Gasteiger partial charge on any atom is 0.234 e. The summed E-state index contributed by atoms with van der Waals surface area (Å²) in [6.45, 7) is 5.95. The van der Waals surface area contributed by atoms with Crippen LogP contribution in [0.4, 0.5) is 0 Å². The molecule has 0 aromatic rings. The van der Waals surface area contributed by atoms with Crippen LogP contribution in [0.25, 0.3) is 0 Å². The van der Waals surface area contributed by atoms with Gasteiger partial charge in [0.15, 0.2) is 0 Å². The molecule has 0 bridgehead atoms. The van der Waals surface area contributed by atoms with Gasteiger partial charge in [-0.25, -0.2) is 0 Å². The third-order valence-electron chi connectivity index (χ3n) is 1.79. The highest BCUT2D eigenvalue weighted by Crippen LogP contribution is 2.12. The van der Waals surface area contributed by atoms with Gasteiger partial charge in [0.05, 0.1) is 4.83 Å². The smallest absolute Gasteiger partial charge is 0.234 e. The van der Waals surface area contributed by atoms with Crippen molar-refractivity contribution in [3.05, 3.63) is 0 Å². The molecule has 2 unspecified atom stereocenters. The molecule has 2 N–H and O–H groups in total. The van der Waals surface area contributed by atoms with Gasteiger partial charge in [-0.3, -0.25) is 4.79 Å². The molecule has 0 aliphatic carbocycles. The lowest BCUT2D eigenvalue weighted by Gasteiger charge is -2.17. The van der Waals surface area contributed by atoms with E-state index < -0.39 is 0 Å². The zero-order valence-electron chi connectivity index (χ0n) is 8.38. The highest BCUT2D eigenvalue weighted by atomic mass is 79.9. The number of halogens is 1. The van der Waals surface area contributed by atoms with Crippen LogP contribution in [0.3, 0.4) is 0 Å². The maximum absolute atomic E-state index is 11.4. The number of hydrogen-bond donors (Lipinski definition) is 2. The summed E-state index contributed by atoms with van der Waals surface area (Å²) in [5.74, 6) is 0.275. The molecule has 0 rings (SSSR count). The van der Waals surface area contributed by atoms with Crippen LogP contribution in [0.1, 0.15) is 27.2 Å². The Hall–Kier alpha value is -0.0900. The fraction of sp³-hybridized carbons (Fsp3) is 0.889. The van der Waals surface area contributed by atoms with Crippen molar-refractivity contribution in [2.24, 2.45) is 5.92 Å². The molecule has 0 aliphatic heterocycles. The topological polar surface area (TPSA) is 49.3 Å². The average molecular weight is 252 g/mol. The molecule has 2 atom stereocenters. The molecule has 0 heterocycles. The minimum absolute atomic E-state index is 0.00375. The molecule has 0 aromatic carbocycles. The van der Waals surface area contributed by atoms with Crippen molar-refractivity contribution >= 4 is 21.8 Å². The van der Waals surface area contributed by atoms with Gasteiger partial charge in [-0.05, 0) is 19.3 Å². The number of alkyl halides is 1. The number of nitrogens with one attached hydrogen (secondary N) is 1. The van der Waals surface area contributed by atoms with Gasteiger partial charge in [0.25, 0.3) is 0 Å². The molecule has 0 aliphatic rings. The largest absolute Gasteiger partial charge is 0.396 e. The quantitative estimate of drug-likeness (QED) is 0.724.